The molecule has 1 fully saturated rings. The smallest absolute Gasteiger partial charge is 0.471 e. The monoisotopic (exact) mass is 382 g/mol. The van der Waals surface area contributed by atoms with Crippen molar-refractivity contribution in [3.8, 4) is 5.75 Å². The minimum Gasteiger partial charge on any atom is -0.494 e. The third-order valence-corrected chi connectivity index (χ3v) is 4.81. The number of ether oxygens (including phenoxy) is 1. The highest BCUT2D eigenvalue weighted by atomic mass is 19.4. The van der Waals surface area contributed by atoms with Crippen LogP contribution in [0.1, 0.15) is 38.2 Å². The second-order valence-electron chi connectivity index (χ2n) is 6.67. The third-order valence-electron chi connectivity index (χ3n) is 4.81. The van der Waals surface area contributed by atoms with Gasteiger partial charge < -0.3 is 14.6 Å². The van der Waals surface area contributed by atoms with Crippen LogP contribution in [0, 0.1) is 0 Å². The first-order chi connectivity index (χ1) is 12.8. The van der Waals surface area contributed by atoms with E-state index in [4.69, 9.17) is 4.74 Å². The van der Waals surface area contributed by atoms with Gasteiger partial charge in [-0.05, 0) is 44.0 Å². The first kappa shape index (κ1) is 19.3. The van der Waals surface area contributed by atoms with Crippen molar-refractivity contribution in [3.63, 3.8) is 0 Å². The number of halogens is 3. The van der Waals surface area contributed by atoms with Crippen molar-refractivity contribution >= 4 is 16.8 Å². The van der Waals surface area contributed by atoms with Gasteiger partial charge in [-0.3, -0.25) is 9.59 Å². The van der Waals surface area contributed by atoms with E-state index in [0.29, 0.717) is 36.1 Å². The van der Waals surface area contributed by atoms with Crippen molar-refractivity contribution in [1.29, 1.82) is 0 Å². The molecule has 1 N–H and O–H groups in total. The molecule has 0 bridgehead atoms. The van der Waals surface area contributed by atoms with Crippen LogP contribution < -0.4 is 10.3 Å². The van der Waals surface area contributed by atoms with E-state index >= 15 is 0 Å². The van der Waals surface area contributed by atoms with E-state index in [9.17, 15) is 22.8 Å². The van der Waals surface area contributed by atoms with Gasteiger partial charge in [-0.15, -0.1) is 0 Å². The Hall–Kier alpha value is -2.51. The minimum absolute atomic E-state index is 0.126. The van der Waals surface area contributed by atoms with Crippen molar-refractivity contribution < 1.29 is 22.7 Å². The molecular formula is C19H21F3N2O3. The molecule has 2 aromatic rings. The second-order valence-corrected chi connectivity index (χ2v) is 6.67. The van der Waals surface area contributed by atoms with Crippen molar-refractivity contribution in [2.45, 2.75) is 51.4 Å². The van der Waals surface area contributed by atoms with Gasteiger partial charge in [0.1, 0.15) is 5.75 Å². The van der Waals surface area contributed by atoms with Gasteiger partial charge in [0, 0.05) is 22.5 Å². The standard InChI is InChI=1S/C19H21F3N2O3/c1-2-27-15-7-8-16-12(10-15)9-13(17(25)23-16)11-24(14-5-3-4-6-14)18(26)19(20,21)22/h7-10,14H,2-6,11H2,1H3,(H,23,25). The van der Waals surface area contributed by atoms with E-state index in [1.54, 1.807) is 18.2 Å². The third kappa shape index (κ3) is 4.26. The van der Waals surface area contributed by atoms with Crippen LogP contribution in [-0.2, 0) is 11.3 Å². The summed E-state index contributed by atoms with van der Waals surface area (Å²) in [5.41, 5.74) is 0.187. The van der Waals surface area contributed by atoms with E-state index in [1.165, 1.54) is 6.07 Å². The molecular weight excluding hydrogens is 361 g/mol. The highest BCUT2D eigenvalue weighted by molar-refractivity contribution is 5.83. The average molecular weight is 382 g/mol. The van der Waals surface area contributed by atoms with Gasteiger partial charge >= 0.3 is 12.1 Å². The minimum atomic E-state index is -4.96. The van der Waals surface area contributed by atoms with Crippen LogP contribution in [0.3, 0.4) is 0 Å². The number of alkyl halides is 3. The number of nitrogens with one attached hydrogen (secondary N) is 1. The first-order valence-corrected chi connectivity index (χ1v) is 8.96. The van der Waals surface area contributed by atoms with Crippen LogP contribution in [0.15, 0.2) is 29.1 Å². The predicted octanol–water partition coefficient (Wildman–Crippen LogP) is 3.76. The Kier molecular flexibility index (Phi) is 5.43. The molecule has 5 nitrogen and oxygen atoms in total. The molecule has 27 heavy (non-hydrogen) atoms. The number of benzene rings is 1. The molecule has 0 atom stereocenters. The number of pyridine rings is 1. The van der Waals surface area contributed by atoms with Gasteiger partial charge in [0.05, 0.1) is 13.2 Å². The fourth-order valence-corrected chi connectivity index (χ4v) is 3.53. The lowest BCUT2D eigenvalue weighted by Crippen LogP contribution is -2.46. The summed E-state index contributed by atoms with van der Waals surface area (Å²) in [6.45, 7) is 1.94. The Balaban J connectivity index is 1.96. The molecule has 1 saturated carbocycles. The predicted molar refractivity (Wildman–Crippen MR) is 94.6 cm³/mol. The quantitative estimate of drug-likeness (QED) is 0.857. The van der Waals surface area contributed by atoms with Gasteiger partial charge in [-0.1, -0.05) is 12.8 Å². The molecule has 3 rings (SSSR count). The van der Waals surface area contributed by atoms with E-state index in [-0.39, 0.29) is 12.1 Å². The fourth-order valence-electron chi connectivity index (χ4n) is 3.53. The summed E-state index contributed by atoms with van der Waals surface area (Å²) >= 11 is 0. The van der Waals surface area contributed by atoms with E-state index in [2.05, 4.69) is 4.98 Å². The van der Waals surface area contributed by atoms with Crippen LogP contribution in [0.2, 0.25) is 0 Å². The van der Waals surface area contributed by atoms with Crippen LogP contribution in [0.25, 0.3) is 10.9 Å². The maximum absolute atomic E-state index is 13.1. The second kappa shape index (κ2) is 7.62. The number of hydrogen-bond acceptors (Lipinski definition) is 3. The number of amides is 1. The largest absolute Gasteiger partial charge is 0.494 e. The number of hydrogen-bond donors (Lipinski definition) is 1. The molecule has 146 valence electrons. The van der Waals surface area contributed by atoms with Crippen LogP contribution in [-0.4, -0.2) is 34.6 Å². The molecule has 0 aliphatic heterocycles. The van der Waals surface area contributed by atoms with Gasteiger partial charge in [0.2, 0.25) is 0 Å². The number of H-pyrrole nitrogens is 1. The van der Waals surface area contributed by atoms with Crippen molar-refractivity contribution in [1.82, 2.24) is 9.88 Å². The Bertz CT molecular complexity index is 886. The van der Waals surface area contributed by atoms with Crippen LogP contribution >= 0.6 is 0 Å². The Morgan fingerprint density at radius 3 is 2.59 bits per heavy atom. The van der Waals surface area contributed by atoms with Gasteiger partial charge in [-0.25, -0.2) is 0 Å². The molecule has 0 radical (unpaired) electrons. The molecule has 8 heteroatoms. The zero-order valence-electron chi connectivity index (χ0n) is 14.9. The summed E-state index contributed by atoms with van der Waals surface area (Å²) in [6.07, 6.45) is -2.38. The number of rotatable bonds is 5. The maximum Gasteiger partial charge on any atom is 0.471 e. The first-order valence-electron chi connectivity index (χ1n) is 8.96. The Labute approximate surface area is 154 Å². The highest BCUT2D eigenvalue weighted by Crippen LogP contribution is 2.29. The molecule has 1 aliphatic rings. The van der Waals surface area contributed by atoms with Crippen molar-refractivity contribution in [2.24, 2.45) is 0 Å². The number of aromatic nitrogens is 1. The molecule has 0 unspecified atom stereocenters. The topological polar surface area (TPSA) is 62.4 Å². The zero-order chi connectivity index (χ0) is 19.6. The van der Waals surface area contributed by atoms with E-state index in [1.807, 2.05) is 6.92 Å². The lowest BCUT2D eigenvalue weighted by molar-refractivity contribution is -0.188. The van der Waals surface area contributed by atoms with Gasteiger partial charge in [0.15, 0.2) is 0 Å². The molecule has 0 saturated heterocycles. The van der Waals surface area contributed by atoms with Crippen LogP contribution in [0.5, 0.6) is 5.75 Å². The van der Waals surface area contributed by atoms with E-state index < -0.39 is 23.7 Å². The fraction of sp³-hybridized carbons (Fsp3) is 0.474. The maximum atomic E-state index is 13.1. The van der Waals surface area contributed by atoms with E-state index in [0.717, 1.165) is 17.7 Å². The summed E-state index contributed by atoms with van der Waals surface area (Å²) < 4.78 is 44.6. The highest BCUT2D eigenvalue weighted by Gasteiger charge is 2.45. The lowest BCUT2D eigenvalue weighted by Gasteiger charge is -2.29. The number of nitrogens with zero attached hydrogens (tertiary/aromatic N) is 1. The summed E-state index contributed by atoms with van der Waals surface area (Å²) in [5, 5.41) is 0.640. The number of carbonyl (C=O) groups excluding carboxylic acids is 1. The summed E-state index contributed by atoms with van der Waals surface area (Å²) in [4.78, 5) is 27.8. The molecule has 1 amide bonds. The molecule has 1 heterocycles. The van der Waals surface area contributed by atoms with Gasteiger partial charge in [-0.2, -0.15) is 13.2 Å². The SMILES string of the molecule is CCOc1ccc2[nH]c(=O)c(CN(C(=O)C(F)(F)F)C3CCCC3)cc2c1. The summed E-state index contributed by atoms with van der Waals surface area (Å²) in [7, 11) is 0. The zero-order valence-corrected chi connectivity index (χ0v) is 14.9. The summed E-state index contributed by atoms with van der Waals surface area (Å²) in [6, 6.07) is 6.14. The molecule has 0 spiro atoms. The Morgan fingerprint density at radius 2 is 1.96 bits per heavy atom. The lowest BCUT2D eigenvalue weighted by atomic mass is 10.1. The number of aromatic amines is 1. The van der Waals surface area contributed by atoms with Crippen molar-refractivity contribution in [2.75, 3.05) is 6.61 Å². The number of carbonyl (C=O) groups is 1. The molecule has 1 aromatic heterocycles. The van der Waals surface area contributed by atoms with Crippen molar-refractivity contribution in [3.05, 3.63) is 40.2 Å². The normalized spacial score (nSPS) is 15.3. The molecule has 1 aliphatic carbocycles. The average Bonchev–Trinajstić information content (AvgIpc) is 3.13. The number of fused-ring (bicyclic) bond motifs is 1. The Morgan fingerprint density at radius 1 is 1.26 bits per heavy atom. The molecule has 1 aromatic carbocycles. The van der Waals surface area contributed by atoms with Crippen LogP contribution in [0.4, 0.5) is 13.2 Å². The summed E-state index contributed by atoms with van der Waals surface area (Å²) in [5.74, 6) is -1.29. The van der Waals surface area contributed by atoms with Gasteiger partial charge in [0.25, 0.3) is 5.56 Å².